The number of oxazole rings is 1. The lowest BCUT2D eigenvalue weighted by Crippen LogP contribution is -2.35. The number of anilines is 1. The zero-order valence-corrected chi connectivity index (χ0v) is 16.5. The summed E-state index contributed by atoms with van der Waals surface area (Å²) in [4.78, 5) is 27.9. The second-order valence-corrected chi connectivity index (χ2v) is 7.67. The van der Waals surface area contributed by atoms with Crippen molar-refractivity contribution in [3.63, 3.8) is 0 Å². The molecule has 7 nitrogen and oxygen atoms in total. The van der Waals surface area contributed by atoms with Gasteiger partial charge in [-0.2, -0.15) is 0 Å². The Morgan fingerprint density at radius 1 is 1.14 bits per heavy atom. The van der Waals surface area contributed by atoms with Gasteiger partial charge in [0.1, 0.15) is 0 Å². The van der Waals surface area contributed by atoms with Gasteiger partial charge in [0.25, 0.3) is 0 Å². The summed E-state index contributed by atoms with van der Waals surface area (Å²) in [5.74, 6) is 1.70. The third kappa shape index (κ3) is 3.89. The minimum absolute atomic E-state index is 0.0126. The topological polar surface area (TPSA) is 84.2 Å². The van der Waals surface area contributed by atoms with Gasteiger partial charge in [0.2, 0.25) is 11.9 Å². The highest BCUT2D eigenvalue weighted by molar-refractivity contribution is 5.92. The molecule has 0 bridgehead atoms. The van der Waals surface area contributed by atoms with Crippen LogP contribution in [-0.4, -0.2) is 45.9 Å². The van der Waals surface area contributed by atoms with Crippen molar-refractivity contribution in [3.8, 4) is 11.3 Å². The second kappa shape index (κ2) is 7.67. The van der Waals surface area contributed by atoms with Gasteiger partial charge in [0.15, 0.2) is 11.7 Å². The van der Waals surface area contributed by atoms with Crippen molar-refractivity contribution >= 4 is 22.8 Å². The van der Waals surface area contributed by atoms with E-state index in [2.05, 4.69) is 39.3 Å². The Labute approximate surface area is 164 Å². The molecule has 28 heavy (non-hydrogen) atoms. The number of hydrogen-bond acceptors (Lipinski definition) is 6. The van der Waals surface area contributed by atoms with E-state index in [-0.39, 0.29) is 11.8 Å². The number of rotatable bonds is 4. The molecule has 1 N–H and O–H groups in total. The van der Waals surface area contributed by atoms with Crippen LogP contribution in [0.4, 0.5) is 5.95 Å². The fourth-order valence-corrected chi connectivity index (χ4v) is 3.80. The van der Waals surface area contributed by atoms with Crippen molar-refractivity contribution < 1.29 is 9.21 Å². The monoisotopic (exact) mass is 379 g/mol. The zero-order chi connectivity index (χ0) is 19.7. The number of aromatic nitrogens is 3. The van der Waals surface area contributed by atoms with Crippen LogP contribution in [0.5, 0.6) is 0 Å². The van der Waals surface area contributed by atoms with Gasteiger partial charge in [-0.05, 0) is 45.8 Å². The molecule has 4 rings (SSSR count). The molecule has 2 aromatic heterocycles. The number of nitrogens with zero attached hydrogens (tertiary/aromatic N) is 4. The molecule has 0 aliphatic heterocycles. The lowest BCUT2D eigenvalue weighted by Gasteiger charge is -2.31. The summed E-state index contributed by atoms with van der Waals surface area (Å²) >= 11 is 0. The number of carbonyl (C=O) groups is 1. The van der Waals surface area contributed by atoms with Crippen LogP contribution in [0.1, 0.15) is 31.6 Å². The predicted octanol–water partition coefficient (Wildman–Crippen LogP) is 3.65. The van der Waals surface area contributed by atoms with E-state index in [0.717, 1.165) is 42.1 Å². The number of nitrogens with one attached hydrogen (secondary N) is 1. The second-order valence-electron chi connectivity index (χ2n) is 7.67. The first kappa shape index (κ1) is 18.6. The summed E-state index contributed by atoms with van der Waals surface area (Å²) in [6.45, 7) is 1.81. The molecule has 0 saturated heterocycles. The average Bonchev–Trinajstić information content (AvgIpc) is 3.14. The third-order valence-electron chi connectivity index (χ3n) is 5.52. The minimum Gasteiger partial charge on any atom is -0.441 e. The summed E-state index contributed by atoms with van der Waals surface area (Å²) < 4.78 is 5.59. The van der Waals surface area contributed by atoms with Gasteiger partial charge < -0.3 is 9.32 Å². The van der Waals surface area contributed by atoms with Crippen LogP contribution >= 0.6 is 0 Å². The fraction of sp³-hybridized carbons (Fsp3) is 0.429. The minimum atomic E-state index is 0.0126. The maximum absolute atomic E-state index is 12.6. The highest BCUT2D eigenvalue weighted by Gasteiger charge is 2.27. The predicted molar refractivity (Wildman–Crippen MR) is 108 cm³/mol. The van der Waals surface area contributed by atoms with Gasteiger partial charge in [-0.1, -0.05) is 12.1 Å². The molecule has 3 aromatic rings. The molecule has 1 amide bonds. The van der Waals surface area contributed by atoms with Crippen molar-refractivity contribution in [2.45, 2.75) is 38.6 Å². The zero-order valence-electron chi connectivity index (χ0n) is 16.5. The molecule has 0 radical (unpaired) electrons. The Bertz CT molecular complexity index is 989. The molecular formula is C21H25N5O2. The largest absolute Gasteiger partial charge is 0.441 e. The molecule has 0 spiro atoms. The van der Waals surface area contributed by atoms with Crippen molar-refractivity contribution in [3.05, 3.63) is 36.5 Å². The van der Waals surface area contributed by atoms with E-state index >= 15 is 0 Å². The Morgan fingerprint density at radius 3 is 2.61 bits per heavy atom. The van der Waals surface area contributed by atoms with Crippen molar-refractivity contribution in [2.75, 3.05) is 19.4 Å². The number of benzene rings is 1. The summed E-state index contributed by atoms with van der Waals surface area (Å²) in [5.41, 5.74) is 1.65. The van der Waals surface area contributed by atoms with Gasteiger partial charge in [-0.3, -0.25) is 10.1 Å². The highest BCUT2D eigenvalue weighted by atomic mass is 16.4. The van der Waals surface area contributed by atoms with Crippen LogP contribution in [0.3, 0.4) is 0 Å². The quantitative estimate of drug-likeness (QED) is 0.745. The maximum Gasteiger partial charge on any atom is 0.229 e. The molecule has 0 unspecified atom stereocenters. The van der Waals surface area contributed by atoms with Gasteiger partial charge >= 0.3 is 0 Å². The van der Waals surface area contributed by atoms with Crippen LogP contribution in [0.15, 0.2) is 35.0 Å². The van der Waals surface area contributed by atoms with Crippen molar-refractivity contribution in [1.29, 1.82) is 0 Å². The van der Waals surface area contributed by atoms with Gasteiger partial charge in [-0.15, -0.1) is 0 Å². The third-order valence-corrected chi connectivity index (χ3v) is 5.52. The standard InChI is InChI=1S/C21H25N5O2/c1-13-22-12-19(28-13)15-4-5-16-11-23-21(24-18(16)10-15)25-20(27)14-6-8-17(9-7-14)26(2)3/h4-5,10-12,14,17H,6-9H2,1-3H3,(H,23,24,25,27)/t14-,17-. The van der Waals surface area contributed by atoms with E-state index in [1.54, 1.807) is 12.4 Å². The maximum atomic E-state index is 12.6. The van der Waals surface area contributed by atoms with Crippen molar-refractivity contribution in [1.82, 2.24) is 19.9 Å². The molecule has 1 fully saturated rings. The Hall–Kier alpha value is -2.80. The Morgan fingerprint density at radius 2 is 1.93 bits per heavy atom. The lowest BCUT2D eigenvalue weighted by atomic mass is 9.85. The van der Waals surface area contributed by atoms with E-state index in [1.807, 2.05) is 25.1 Å². The summed E-state index contributed by atoms with van der Waals surface area (Å²) in [5, 5.41) is 3.81. The first-order valence-electron chi connectivity index (χ1n) is 9.66. The van der Waals surface area contributed by atoms with Crippen LogP contribution in [0.2, 0.25) is 0 Å². The molecule has 1 aliphatic rings. The van der Waals surface area contributed by atoms with E-state index in [9.17, 15) is 4.79 Å². The number of fused-ring (bicyclic) bond motifs is 1. The van der Waals surface area contributed by atoms with Crippen LogP contribution in [0, 0.1) is 12.8 Å². The average molecular weight is 379 g/mol. The smallest absolute Gasteiger partial charge is 0.229 e. The molecule has 2 heterocycles. The SMILES string of the molecule is Cc1ncc(-c2ccc3cnc(NC(=O)[C@H]4CC[C@H](N(C)C)CC4)nc3c2)o1. The molecule has 1 aromatic carbocycles. The van der Waals surface area contributed by atoms with E-state index in [0.29, 0.717) is 23.6 Å². The van der Waals surface area contributed by atoms with Crippen LogP contribution in [0.25, 0.3) is 22.2 Å². The van der Waals surface area contributed by atoms with Crippen LogP contribution in [-0.2, 0) is 4.79 Å². The molecule has 1 aliphatic carbocycles. The van der Waals surface area contributed by atoms with Crippen molar-refractivity contribution in [2.24, 2.45) is 5.92 Å². The Kier molecular flexibility index (Phi) is 5.09. The number of amides is 1. The van der Waals surface area contributed by atoms with Gasteiger partial charge in [0.05, 0.1) is 11.7 Å². The normalized spacial score (nSPS) is 19.9. The first-order chi connectivity index (χ1) is 13.5. The van der Waals surface area contributed by atoms with E-state index in [1.165, 1.54) is 0 Å². The van der Waals surface area contributed by atoms with Gasteiger partial charge in [0, 0.05) is 36.0 Å². The summed E-state index contributed by atoms with van der Waals surface area (Å²) in [6, 6.07) is 6.39. The molecular weight excluding hydrogens is 354 g/mol. The van der Waals surface area contributed by atoms with Gasteiger partial charge in [-0.25, -0.2) is 15.0 Å². The van der Waals surface area contributed by atoms with E-state index in [4.69, 9.17) is 4.42 Å². The molecule has 0 atom stereocenters. The number of aryl methyl sites for hydroxylation is 1. The number of hydrogen-bond donors (Lipinski definition) is 1. The molecule has 146 valence electrons. The van der Waals surface area contributed by atoms with E-state index < -0.39 is 0 Å². The first-order valence-corrected chi connectivity index (χ1v) is 9.66. The Balaban J connectivity index is 1.49. The molecule has 1 saturated carbocycles. The van der Waals surface area contributed by atoms with Crippen LogP contribution < -0.4 is 5.32 Å². The lowest BCUT2D eigenvalue weighted by molar-refractivity contribution is -0.121. The summed E-state index contributed by atoms with van der Waals surface area (Å²) in [7, 11) is 4.20. The number of carbonyl (C=O) groups excluding carboxylic acids is 1. The molecule has 7 heteroatoms. The highest BCUT2D eigenvalue weighted by Crippen LogP contribution is 2.28. The summed E-state index contributed by atoms with van der Waals surface area (Å²) in [6.07, 6.45) is 7.32. The fourth-order valence-electron chi connectivity index (χ4n) is 3.80.